The Labute approximate surface area is 123 Å². The monoisotopic (exact) mass is 295 g/mol. The lowest BCUT2D eigenvalue weighted by molar-refractivity contribution is -0.137. The van der Waals surface area contributed by atoms with Crippen molar-refractivity contribution < 1.29 is 14.7 Å². The van der Waals surface area contributed by atoms with Crippen LogP contribution in [0.15, 0.2) is 12.1 Å². The highest BCUT2D eigenvalue weighted by Gasteiger charge is 2.31. The number of likely N-dealkylation sites (tertiary alicyclic amines) is 1. The number of amides is 1. The lowest BCUT2D eigenvalue weighted by Gasteiger charge is -2.24. The summed E-state index contributed by atoms with van der Waals surface area (Å²) < 4.78 is 0. The van der Waals surface area contributed by atoms with Gasteiger partial charge in [0.1, 0.15) is 0 Å². The maximum Gasteiger partial charge on any atom is 0.305 e. The number of carboxylic acid groups (broad SMARTS) is 1. The predicted octanol–water partition coefficient (Wildman–Crippen LogP) is 3.04. The first-order valence-electron chi connectivity index (χ1n) is 6.69. The molecule has 1 aliphatic rings. The third kappa shape index (κ3) is 2.96. The molecule has 20 heavy (non-hydrogen) atoms. The molecular formula is C15H18ClNO3. The molecule has 1 unspecified atom stereocenters. The van der Waals surface area contributed by atoms with E-state index in [0.29, 0.717) is 17.1 Å². The summed E-state index contributed by atoms with van der Waals surface area (Å²) >= 11 is 6.16. The van der Waals surface area contributed by atoms with E-state index in [0.717, 1.165) is 24.0 Å². The smallest absolute Gasteiger partial charge is 0.305 e. The van der Waals surface area contributed by atoms with E-state index >= 15 is 0 Å². The zero-order valence-corrected chi connectivity index (χ0v) is 12.4. The summed E-state index contributed by atoms with van der Waals surface area (Å²) in [5.74, 6) is -1.04. The highest BCUT2D eigenvalue weighted by Crippen LogP contribution is 2.27. The fourth-order valence-corrected chi connectivity index (χ4v) is 2.92. The normalized spacial score (nSPS) is 18.4. The number of rotatable bonds is 3. The Kier molecular flexibility index (Phi) is 4.33. The molecule has 5 heteroatoms. The first-order valence-corrected chi connectivity index (χ1v) is 7.07. The molecule has 4 nitrogen and oxygen atoms in total. The van der Waals surface area contributed by atoms with Crippen LogP contribution in [0.1, 0.15) is 40.7 Å². The number of carboxylic acids is 1. The van der Waals surface area contributed by atoms with Gasteiger partial charge >= 0.3 is 5.97 Å². The number of aryl methyl sites for hydroxylation is 2. The summed E-state index contributed by atoms with van der Waals surface area (Å²) in [6.07, 6.45) is 1.57. The zero-order valence-electron chi connectivity index (χ0n) is 11.6. The van der Waals surface area contributed by atoms with Crippen LogP contribution < -0.4 is 0 Å². The van der Waals surface area contributed by atoms with Crippen LogP contribution in [0.2, 0.25) is 5.02 Å². The molecule has 1 fully saturated rings. The van der Waals surface area contributed by atoms with Gasteiger partial charge in [0.05, 0.1) is 17.0 Å². The van der Waals surface area contributed by atoms with Gasteiger partial charge in [0.15, 0.2) is 0 Å². The number of carbonyl (C=O) groups is 2. The lowest BCUT2D eigenvalue weighted by Crippen LogP contribution is -2.37. The maximum absolute atomic E-state index is 12.6. The second kappa shape index (κ2) is 5.83. The van der Waals surface area contributed by atoms with Crippen molar-refractivity contribution in [3.63, 3.8) is 0 Å². The van der Waals surface area contributed by atoms with Crippen molar-refractivity contribution in [3.8, 4) is 0 Å². The van der Waals surface area contributed by atoms with Crippen molar-refractivity contribution in [2.75, 3.05) is 6.54 Å². The average molecular weight is 296 g/mol. The van der Waals surface area contributed by atoms with Gasteiger partial charge in [-0.1, -0.05) is 11.6 Å². The van der Waals surface area contributed by atoms with Crippen molar-refractivity contribution in [2.24, 2.45) is 0 Å². The molecule has 0 bridgehead atoms. The standard InChI is InChI=1S/C15H18ClNO3/c1-9-6-12(13(16)7-10(9)2)15(20)17-5-3-4-11(17)8-14(18)19/h6-7,11H,3-5,8H2,1-2H3,(H,18,19). The fraction of sp³-hybridized carbons (Fsp3) is 0.467. The molecule has 1 aliphatic heterocycles. The highest BCUT2D eigenvalue weighted by atomic mass is 35.5. The van der Waals surface area contributed by atoms with E-state index in [9.17, 15) is 9.59 Å². The number of hydrogen-bond donors (Lipinski definition) is 1. The molecule has 1 aromatic carbocycles. The Hall–Kier alpha value is -1.55. The minimum absolute atomic E-state index is 0.00575. The first kappa shape index (κ1) is 14.9. The van der Waals surface area contributed by atoms with E-state index in [1.165, 1.54) is 0 Å². The summed E-state index contributed by atoms with van der Waals surface area (Å²) in [4.78, 5) is 25.1. The summed E-state index contributed by atoms with van der Waals surface area (Å²) in [6.45, 7) is 4.47. The molecule has 1 amide bonds. The molecule has 2 rings (SSSR count). The summed E-state index contributed by atoms with van der Waals surface area (Å²) in [5.41, 5.74) is 2.51. The van der Waals surface area contributed by atoms with Gasteiger partial charge in [0.25, 0.3) is 5.91 Å². The molecule has 1 atom stereocenters. The molecule has 0 saturated carbocycles. The van der Waals surface area contributed by atoms with E-state index in [-0.39, 0.29) is 18.4 Å². The van der Waals surface area contributed by atoms with Gasteiger partial charge in [-0.3, -0.25) is 9.59 Å². The minimum atomic E-state index is -0.874. The van der Waals surface area contributed by atoms with Crippen molar-refractivity contribution in [1.29, 1.82) is 0 Å². The molecule has 1 aromatic rings. The Morgan fingerprint density at radius 1 is 1.35 bits per heavy atom. The van der Waals surface area contributed by atoms with Crippen molar-refractivity contribution in [3.05, 3.63) is 33.8 Å². The Balaban J connectivity index is 2.26. The van der Waals surface area contributed by atoms with Crippen molar-refractivity contribution in [1.82, 2.24) is 4.90 Å². The maximum atomic E-state index is 12.6. The number of aliphatic carboxylic acids is 1. The van der Waals surface area contributed by atoms with E-state index < -0.39 is 5.97 Å². The molecule has 1 saturated heterocycles. The molecule has 0 aromatic heterocycles. The van der Waals surface area contributed by atoms with Crippen LogP contribution in [0.3, 0.4) is 0 Å². The second-order valence-corrected chi connectivity index (χ2v) is 5.72. The largest absolute Gasteiger partial charge is 0.481 e. The van der Waals surface area contributed by atoms with Crippen LogP contribution in [0.5, 0.6) is 0 Å². The number of hydrogen-bond acceptors (Lipinski definition) is 2. The van der Waals surface area contributed by atoms with E-state index in [4.69, 9.17) is 16.7 Å². The molecule has 0 radical (unpaired) electrons. The van der Waals surface area contributed by atoms with Crippen LogP contribution in [-0.4, -0.2) is 34.5 Å². The topological polar surface area (TPSA) is 57.6 Å². The van der Waals surface area contributed by atoms with Gasteiger partial charge < -0.3 is 10.0 Å². The van der Waals surface area contributed by atoms with Crippen LogP contribution in [-0.2, 0) is 4.79 Å². The van der Waals surface area contributed by atoms with Crippen LogP contribution in [0.25, 0.3) is 0 Å². The highest BCUT2D eigenvalue weighted by molar-refractivity contribution is 6.34. The molecule has 108 valence electrons. The Morgan fingerprint density at radius 2 is 2.00 bits per heavy atom. The fourth-order valence-electron chi connectivity index (χ4n) is 2.62. The van der Waals surface area contributed by atoms with Crippen molar-refractivity contribution in [2.45, 2.75) is 39.2 Å². The van der Waals surface area contributed by atoms with Gasteiger partial charge in [-0.15, -0.1) is 0 Å². The molecular weight excluding hydrogens is 278 g/mol. The molecule has 0 spiro atoms. The zero-order chi connectivity index (χ0) is 14.9. The summed E-state index contributed by atoms with van der Waals surface area (Å²) in [7, 11) is 0. The van der Waals surface area contributed by atoms with Crippen LogP contribution >= 0.6 is 11.6 Å². The Morgan fingerprint density at radius 3 is 2.65 bits per heavy atom. The predicted molar refractivity (Wildman–Crippen MR) is 77.2 cm³/mol. The van der Waals surface area contributed by atoms with Gasteiger partial charge in [-0.25, -0.2) is 0 Å². The average Bonchev–Trinajstić information content (AvgIpc) is 2.80. The number of benzene rings is 1. The first-order chi connectivity index (χ1) is 9.40. The van der Waals surface area contributed by atoms with Gasteiger partial charge in [-0.05, 0) is 49.9 Å². The summed E-state index contributed by atoms with van der Waals surface area (Å²) in [6, 6.07) is 3.35. The third-order valence-electron chi connectivity index (χ3n) is 3.86. The van der Waals surface area contributed by atoms with Gasteiger partial charge in [-0.2, -0.15) is 0 Å². The van der Waals surface area contributed by atoms with Crippen LogP contribution in [0.4, 0.5) is 0 Å². The van der Waals surface area contributed by atoms with E-state index in [1.54, 1.807) is 17.0 Å². The quantitative estimate of drug-likeness (QED) is 0.932. The lowest BCUT2D eigenvalue weighted by atomic mass is 10.0. The third-order valence-corrected chi connectivity index (χ3v) is 4.17. The number of carbonyl (C=O) groups excluding carboxylic acids is 1. The Bertz CT molecular complexity index is 556. The van der Waals surface area contributed by atoms with Crippen LogP contribution in [0, 0.1) is 13.8 Å². The van der Waals surface area contributed by atoms with Gasteiger partial charge in [0.2, 0.25) is 0 Å². The van der Waals surface area contributed by atoms with E-state index in [2.05, 4.69) is 0 Å². The minimum Gasteiger partial charge on any atom is -0.481 e. The number of nitrogens with zero attached hydrogens (tertiary/aromatic N) is 1. The van der Waals surface area contributed by atoms with Crippen molar-refractivity contribution >= 4 is 23.5 Å². The van der Waals surface area contributed by atoms with E-state index in [1.807, 2.05) is 13.8 Å². The molecule has 0 aliphatic carbocycles. The van der Waals surface area contributed by atoms with Gasteiger partial charge in [0, 0.05) is 12.6 Å². The second-order valence-electron chi connectivity index (χ2n) is 5.31. The molecule has 1 N–H and O–H groups in total. The number of halogens is 1. The summed E-state index contributed by atoms with van der Waals surface area (Å²) in [5, 5.41) is 9.34. The SMILES string of the molecule is Cc1cc(Cl)c(C(=O)N2CCCC2CC(=O)O)cc1C. The molecule has 1 heterocycles.